The van der Waals surface area contributed by atoms with E-state index < -0.39 is 17.7 Å². The zero-order chi connectivity index (χ0) is 17.3. The molecule has 1 aromatic rings. The number of aliphatic carboxylic acids is 1. The summed E-state index contributed by atoms with van der Waals surface area (Å²) in [6, 6.07) is 3.78. The Morgan fingerprint density at radius 2 is 1.87 bits per heavy atom. The lowest BCUT2D eigenvalue weighted by atomic mass is 10.2. The number of carbonyl (C=O) groups excluding carboxylic acids is 1. The number of alkyl carbamates (subject to hydrolysis) is 1. The second kappa shape index (κ2) is 9.32. The summed E-state index contributed by atoms with van der Waals surface area (Å²) in [5, 5.41) is 14.6. The van der Waals surface area contributed by atoms with Crippen LogP contribution in [-0.4, -0.2) is 35.9 Å². The molecule has 0 aromatic carbocycles. The predicted octanol–water partition coefficient (Wildman–Crippen LogP) is 2.55. The summed E-state index contributed by atoms with van der Waals surface area (Å²) in [5.74, 6) is -0.813. The van der Waals surface area contributed by atoms with Crippen molar-refractivity contribution in [1.82, 2.24) is 10.6 Å². The molecular formula is C16H24N2O4S. The van der Waals surface area contributed by atoms with Crippen molar-refractivity contribution in [3.63, 3.8) is 0 Å². The lowest BCUT2D eigenvalue weighted by Crippen LogP contribution is -2.32. The summed E-state index contributed by atoms with van der Waals surface area (Å²) in [5.41, 5.74) is -0.491. The van der Waals surface area contributed by atoms with Crippen LogP contribution in [0.1, 0.15) is 30.5 Å². The van der Waals surface area contributed by atoms with Gasteiger partial charge in [-0.25, -0.2) is 4.79 Å². The highest BCUT2D eigenvalue weighted by molar-refractivity contribution is 7.12. The molecule has 0 radical (unpaired) electrons. The Morgan fingerprint density at radius 1 is 1.22 bits per heavy atom. The normalized spacial score (nSPS) is 11.6. The van der Waals surface area contributed by atoms with E-state index >= 15 is 0 Å². The summed E-state index contributed by atoms with van der Waals surface area (Å²) < 4.78 is 5.11. The highest BCUT2D eigenvalue weighted by atomic mass is 32.1. The van der Waals surface area contributed by atoms with E-state index in [9.17, 15) is 9.59 Å². The summed E-state index contributed by atoms with van der Waals surface area (Å²) in [7, 11) is 0. The maximum atomic E-state index is 11.4. The summed E-state index contributed by atoms with van der Waals surface area (Å²) in [6.45, 7) is 7.23. The monoisotopic (exact) mass is 340 g/mol. The molecule has 3 N–H and O–H groups in total. The maximum absolute atomic E-state index is 11.4. The van der Waals surface area contributed by atoms with Gasteiger partial charge in [0, 0.05) is 29.4 Å². The fraction of sp³-hybridized carbons (Fsp3) is 0.500. The average molecular weight is 340 g/mol. The Kier molecular flexibility index (Phi) is 7.77. The quantitative estimate of drug-likeness (QED) is 0.500. The van der Waals surface area contributed by atoms with E-state index in [4.69, 9.17) is 9.84 Å². The molecule has 6 nitrogen and oxygen atoms in total. The van der Waals surface area contributed by atoms with Crippen LogP contribution in [-0.2, 0) is 22.5 Å². The van der Waals surface area contributed by atoms with Crippen LogP contribution in [0.3, 0.4) is 0 Å². The number of hydrogen-bond acceptors (Lipinski definition) is 5. The predicted molar refractivity (Wildman–Crippen MR) is 90.7 cm³/mol. The molecule has 0 bridgehead atoms. The lowest BCUT2D eigenvalue weighted by Gasteiger charge is -2.19. The third kappa shape index (κ3) is 9.70. The van der Waals surface area contributed by atoms with E-state index in [1.807, 2.05) is 45.1 Å². The molecule has 0 aliphatic rings. The van der Waals surface area contributed by atoms with Crippen molar-refractivity contribution in [1.29, 1.82) is 0 Å². The Labute approximate surface area is 140 Å². The van der Waals surface area contributed by atoms with E-state index in [2.05, 4.69) is 10.6 Å². The first-order valence-corrected chi connectivity index (χ1v) is 8.20. The zero-order valence-electron chi connectivity index (χ0n) is 13.7. The number of carboxylic acids is 1. The van der Waals surface area contributed by atoms with Gasteiger partial charge in [-0.05, 0) is 32.9 Å². The van der Waals surface area contributed by atoms with Crippen LogP contribution >= 0.6 is 11.3 Å². The molecule has 0 unspecified atom stereocenters. The highest BCUT2D eigenvalue weighted by Gasteiger charge is 2.14. The Morgan fingerprint density at radius 3 is 2.52 bits per heavy atom. The second-order valence-electron chi connectivity index (χ2n) is 5.92. The van der Waals surface area contributed by atoms with Gasteiger partial charge in [-0.15, -0.1) is 11.3 Å². The first kappa shape index (κ1) is 19.2. The molecule has 1 heterocycles. The number of carbonyl (C=O) groups is 2. The first-order valence-electron chi connectivity index (χ1n) is 7.38. The molecule has 7 heteroatoms. The van der Waals surface area contributed by atoms with Crippen LogP contribution in [0.2, 0.25) is 0 Å². The molecule has 0 saturated carbocycles. The SMILES string of the molecule is CC(C)(C)OC(=O)NC/C=C/CNCc1ccc(CC(=O)O)s1. The van der Waals surface area contributed by atoms with Gasteiger partial charge in [0.15, 0.2) is 0 Å². The van der Waals surface area contributed by atoms with Gasteiger partial charge in [-0.3, -0.25) is 4.79 Å². The molecule has 0 atom stereocenters. The van der Waals surface area contributed by atoms with E-state index in [0.29, 0.717) is 19.6 Å². The minimum atomic E-state index is -0.813. The third-order valence-corrected chi connectivity index (χ3v) is 3.62. The van der Waals surface area contributed by atoms with Gasteiger partial charge in [0.05, 0.1) is 6.42 Å². The number of amides is 1. The fourth-order valence-electron chi connectivity index (χ4n) is 1.66. The van der Waals surface area contributed by atoms with Crippen molar-refractivity contribution < 1.29 is 19.4 Å². The molecule has 1 amide bonds. The van der Waals surface area contributed by atoms with Crippen LogP contribution in [0.4, 0.5) is 4.79 Å². The largest absolute Gasteiger partial charge is 0.481 e. The van der Waals surface area contributed by atoms with Crippen molar-refractivity contribution >= 4 is 23.4 Å². The van der Waals surface area contributed by atoms with Gasteiger partial charge < -0.3 is 20.5 Å². The third-order valence-electron chi connectivity index (χ3n) is 2.53. The van der Waals surface area contributed by atoms with Crippen molar-refractivity contribution in [3.8, 4) is 0 Å². The van der Waals surface area contributed by atoms with Gasteiger partial charge in [0.25, 0.3) is 0 Å². The number of ether oxygens (including phenoxy) is 1. The van der Waals surface area contributed by atoms with E-state index in [-0.39, 0.29) is 6.42 Å². The second-order valence-corrected chi connectivity index (χ2v) is 7.18. The van der Waals surface area contributed by atoms with Crippen molar-refractivity contribution in [2.75, 3.05) is 13.1 Å². The van der Waals surface area contributed by atoms with Crippen molar-refractivity contribution in [2.45, 2.75) is 39.3 Å². The topological polar surface area (TPSA) is 87.7 Å². The van der Waals surface area contributed by atoms with Crippen molar-refractivity contribution in [2.24, 2.45) is 0 Å². The summed E-state index contributed by atoms with van der Waals surface area (Å²) in [6.07, 6.45) is 3.41. The molecular weight excluding hydrogens is 316 g/mol. The molecule has 0 spiro atoms. The average Bonchev–Trinajstić information content (AvgIpc) is 2.82. The lowest BCUT2D eigenvalue weighted by molar-refractivity contribution is -0.136. The van der Waals surface area contributed by atoms with Gasteiger partial charge in [-0.2, -0.15) is 0 Å². The molecule has 1 rings (SSSR count). The van der Waals surface area contributed by atoms with E-state index in [0.717, 1.165) is 9.75 Å². The minimum Gasteiger partial charge on any atom is -0.481 e. The van der Waals surface area contributed by atoms with Crippen LogP contribution in [0.5, 0.6) is 0 Å². The van der Waals surface area contributed by atoms with Crippen LogP contribution in [0.15, 0.2) is 24.3 Å². The van der Waals surface area contributed by atoms with E-state index in [1.54, 1.807) is 0 Å². The van der Waals surface area contributed by atoms with Crippen molar-refractivity contribution in [3.05, 3.63) is 34.0 Å². The number of thiophene rings is 1. The highest BCUT2D eigenvalue weighted by Crippen LogP contribution is 2.16. The minimum absolute atomic E-state index is 0.0703. The smallest absolute Gasteiger partial charge is 0.407 e. The first-order chi connectivity index (χ1) is 10.8. The van der Waals surface area contributed by atoms with Gasteiger partial charge in [0.1, 0.15) is 5.60 Å². The van der Waals surface area contributed by atoms with Crippen LogP contribution in [0, 0.1) is 0 Å². The number of rotatable bonds is 8. The van der Waals surface area contributed by atoms with Gasteiger partial charge in [0.2, 0.25) is 0 Å². The maximum Gasteiger partial charge on any atom is 0.407 e. The standard InChI is InChI=1S/C16H24N2O4S/c1-16(2,3)22-15(21)18-9-5-4-8-17-11-13-7-6-12(23-13)10-14(19)20/h4-7,17H,8-11H2,1-3H3,(H,18,21)(H,19,20)/b5-4+. The van der Waals surface area contributed by atoms with Gasteiger partial charge >= 0.3 is 12.1 Å². The summed E-state index contributed by atoms with van der Waals surface area (Å²) in [4.78, 5) is 23.9. The fourth-order valence-corrected chi connectivity index (χ4v) is 2.64. The Bertz CT molecular complexity index is 547. The molecule has 1 aromatic heterocycles. The van der Waals surface area contributed by atoms with Crippen LogP contribution in [0.25, 0.3) is 0 Å². The number of carboxylic acid groups (broad SMARTS) is 1. The molecule has 0 fully saturated rings. The molecule has 128 valence electrons. The van der Waals surface area contributed by atoms with Crippen LogP contribution < -0.4 is 10.6 Å². The number of nitrogens with one attached hydrogen (secondary N) is 2. The molecule has 0 saturated heterocycles. The van der Waals surface area contributed by atoms with Gasteiger partial charge in [-0.1, -0.05) is 12.2 Å². The zero-order valence-corrected chi connectivity index (χ0v) is 14.5. The molecule has 0 aliphatic carbocycles. The Hall–Kier alpha value is -1.86. The number of hydrogen-bond donors (Lipinski definition) is 3. The molecule has 0 aliphatic heterocycles. The summed E-state index contributed by atoms with van der Waals surface area (Å²) >= 11 is 1.50. The molecule has 23 heavy (non-hydrogen) atoms. The Balaban J connectivity index is 2.14. The van der Waals surface area contributed by atoms with E-state index in [1.165, 1.54) is 11.3 Å².